The van der Waals surface area contributed by atoms with Gasteiger partial charge in [0.2, 0.25) is 0 Å². The molecule has 1 aliphatic carbocycles. The van der Waals surface area contributed by atoms with Gasteiger partial charge in [0, 0.05) is 6.04 Å². The monoisotopic (exact) mass is 195 g/mol. The fraction of sp³-hybridized carbons (Fsp3) is 0.909. The highest BCUT2D eigenvalue weighted by molar-refractivity contribution is 5.00. The molecule has 0 radical (unpaired) electrons. The third kappa shape index (κ3) is 3.28. The average Bonchev–Trinajstić information content (AvgIpc) is 2.01. The Hall–Kier alpha value is -0.590. The van der Waals surface area contributed by atoms with Crippen LogP contribution in [0.1, 0.15) is 39.0 Å². The van der Waals surface area contributed by atoms with Crippen LogP contribution in [0.2, 0.25) is 0 Å². The molecule has 1 aliphatic rings. The average molecular weight is 195 g/mol. The van der Waals surface area contributed by atoms with Crippen LogP contribution in [0.25, 0.3) is 0 Å². The number of nitrogens with two attached hydrogens (primary N) is 1. The van der Waals surface area contributed by atoms with E-state index >= 15 is 0 Å². The number of hydrogen-bond acceptors (Lipinski definition) is 3. The van der Waals surface area contributed by atoms with Gasteiger partial charge in [-0.15, -0.1) is 0 Å². The molecule has 0 amide bonds. The molecule has 0 bridgehead atoms. The molecule has 0 aromatic heterocycles. The van der Waals surface area contributed by atoms with E-state index in [1.165, 1.54) is 19.3 Å². The van der Waals surface area contributed by atoms with Crippen LogP contribution in [0.4, 0.5) is 0 Å². The van der Waals surface area contributed by atoms with Crippen LogP contribution >= 0.6 is 0 Å². The molecule has 14 heavy (non-hydrogen) atoms. The first kappa shape index (κ1) is 11.5. The molecule has 1 rings (SSSR count). The molecular formula is C11H21N3. The van der Waals surface area contributed by atoms with Gasteiger partial charge in [-0.3, -0.25) is 0 Å². The van der Waals surface area contributed by atoms with Crippen LogP contribution in [0.5, 0.6) is 0 Å². The van der Waals surface area contributed by atoms with Crippen LogP contribution < -0.4 is 5.73 Å². The lowest BCUT2D eigenvalue weighted by molar-refractivity contribution is 0.155. The van der Waals surface area contributed by atoms with Gasteiger partial charge in [0.15, 0.2) is 0 Å². The highest BCUT2D eigenvalue weighted by atomic mass is 15.1. The summed E-state index contributed by atoms with van der Waals surface area (Å²) in [5.74, 6) is 0. The van der Waals surface area contributed by atoms with E-state index in [4.69, 9.17) is 11.0 Å². The first-order valence-electron chi connectivity index (χ1n) is 5.45. The van der Waals surface area contributed by atoms with Crippen LogP contribution in [-0.4, -0.2) is 30.1 Å². The topological polar surface area (TPSA) is 53.0 Å². The van der Waals surface area contributed by atoms with Gasteiger partial charge < -0.3 is 10.6 Å². The van der Waals surface area contributed by atoms with Crippen LogP contribution in [-0.2, 0) is 0 Å². The van der Waals surface area contributed by atoms with E-state index in [0.717, 1.165) is 25.4 Å². The van der Waals surface area contributed by atoms with E-state index in [1.54, 1.807) is 6.92 Å². The van der Waals surface area contributed by atoms with Crippen molar-refractivity contribution in [2.75, 3.05) is 13.6 Å². The molecule has 0 spiro atoms. The van der Waals surface area contributed by atoms with Crippen molar-refractivity contribution < 1.29 is 0 Å². The van der Waals surface area contributed by atoms with E-state index in [0.29, 0.717) is 0 Å². The Morgan fingerprint density at radius 1 is 1.57 bits per heavy atom. The summed E-state index contributed by atoms with van der Waals surface area (Å²) in [6.07, 6.45) is 5.87. The molecule has 1 saturated carbocycles. The van der Waals surface area contributed by atoms with Gasteiger partial charge in [0.1, 0.15) is 5.54 Å². The Bertz CT molecular complexity index is 213. The van der Waals surface area contributed by atoms with Crippen molar-refractivity contribution in [3.05, 3.63) is 0 Å². The fourth-order valence-corrected chi connectivity index (χ4v) is 1.76. The molecule has 1 atom stereocenters. The molecular weight excluding hydrogens is 174 g/mol. The molecule has 0 heterocycles. The number of nitriles is 1. The Kier molecular flexibility index (Phi) is 3.91. The second kappa shape index (κ2) is 4.77. The van der Waals surface area contributed by atoms with Gasteiger partial charge >= 0.3 is 0 Å². The SMILES string of the molecule is CN(CCCC(C)(N)C#N)C1CCC1. The zero-order chi connectivity index (χ0) is 10.6. The van der Waals surface area contributed by atoms with E-state index in [9.17, 15) is 0 Å². The van der Waals surface area contributed by atoms with E-state index in [1.807, 2.05) is 0 Å². The number of nitrogens with zero attached hydrogens (tertiary/aromatic N) is 2. The van der Waals surface area contributed by atoms with Gasteiger partial charge in [-0.2, -0.15) is 5.26 Å². The standard InChI is InChI=1S/C11H21N3/c1-11(13,9-12)7-4-8-14(2)10-5-3-6-10/h10H,3-8,13H2,1-2H3. The smallest absolute Gasteiger partial charge is 0.101 e. The molecule has 0 aromatic carbocycles. The number of rotatable bonds is 5. The number of hydrogen-bond donors (Lipinski definition) is 1. The van der Waals surface area contributed by atoms with Crippen molar-refractivity contribution in [2.45, 2.75) is 50.6 Å². The van der Waals surface area contributed by atoms with Crippen LogP contribution in [0, 0.1) is 11.3 Å². The van der Waals surface area contributed by atoms with Crippen molar-refractivity contribution in [1.82, 2.24) is 4.90 Å². The normalized spacial score (nSPS) is 21.4. The highest BCUT2D eigenvalue weighted by Gasteiger charge is 2.22. The van der Waals surface area contributed by atoms with E-state index in [2.05, 4.69) is 18.0 Å². The lowest BCUT2D eigenvalue weighted by atomic mass is 9.91. The van der Waals surface area contributed by atoms with Gasteiger partial charge in [-0.05, 0) is 46.2 Å². The minimum Gasteiger partial charge on any atom is -0.314 e. The highest BCUT2D eigenvalue weighted by Crippen LogP contribution is 2.23. The fourth-order valence-electron chi connectivity index (χ4n) is 1.76. The molecule has 0 saturated heterocycles. The Balaban J connectivity index is 2.11. The second-order valence-electron chi connectivity index (χ2n) is 4.70. The molecule has 3 nitrogen and oxygen atoms in total. The van der Waals surface area contributed by atoms with Crippen LogP contribution in [0.15, 0.2) is 0 Å². The third-order valence-electron chi connectivity index (χ3n) is 3.16. The molecule has 1 fully saturated rings. The summed E-state index contributed by atoms with van der Waals surface area (Å²) in [6, 6.07) is 2.92. The quantitative estimate of drug-likeness (QED) is 0.723. The van der Waals surface area contributed by atoms with Crippen molar-refractivity contribution in [3.8, 4) is 6.07 Å². The predicted octanol–water partition coefficient (Wildman–Crippen LogP) is 1.49. The minimum absolute atomic E-state index is 0.638. The first-order chi connectivity index (χ1) is 6.55. The summed E-state index contributed by atoms with van der Waals surface area (Å²) in [5.41, 5.74) is 5.11. The lowest BCUT2D eigenvalue weighted by Gasteiger charge is -2.35. The summed E-state index contributed by atoms with van der Waals surface area (Å²) in [5, 5.41) is 8.74. The van der Waals surface area contributed by atoms with Gasteiger partial charge in [-0.1, -0.05) is 6.42 Å². The van der Waals surface area contributed by atoms with Crippen molar-refractivity contribution in [3.63, 3.8) is 0 Å². The third-order valence-corrected chi connectivity index (χ3v) is 3.16. The first-order valence-corrected chi connectivity index (χ1v) is 5.45. The Morgan fingerprint density at radius 2 is 2.21 bits per heavy atom. The zero-order valence-corrected chi connectivity index (χ0v) is 9.29. The van der Waals surface area contributed by atoms with E-state index in [-0.39, 0.29) is 0 Å². The molecule has 1 unspecified atom stereocenters. The summed E-state index contributed by atoms with van der Waals surface area (Å²) in [6.45, 7) is 2.87. The summed E-state index contributed by atoms with van der Waals surface area (Å²) >= 11 is 0. The zero-order valence-electron chi connectivity index (χ0n) is 9.29. The molecule has 0 aliphatic heterocycles. The largest absolute Gasteiger partial charge is 0.314 e. The maximum absolute atomic E-state index is 8.74. The molecule has 3 heteroatoms. The van der Waals surface area contributed by atoms with Crippen LogP contribution in [0.3, 0.4) is 0 Å². The minimum atomic E-state index is -0.638. The van der Waals surface area contributed by atoms with Crippen molar-refractivity contribution in [2.24, 2.45) is 5.73 Å². The summed E-state index contributed by atoms with van der Waals surface area (Å²) in [7, 11) is 2.17. The molecule has 0 aromatic rings. The van der Waals surface area contributed by atoms with E-state index < -0.39 is 5.54 Å². The maximum atomic E-state index is 8.74. The summed E-state index contributed by atoms with van der Waals surface area (Å²) in [4.78, 5) is 2.40. The maximum Gasteiger partial charge on any atom is 0.101 e. The summed E-state index contributed by atoms with van der Waals surface area (Å²) < 4.78 is 0. The molecule has 80 valence electrons. The van der Waals surface area contributed by atoms with Gasteiger partial charge in [0.25, 0.3) is 0 Å². The van der Waals surface area contributed by atoms with Crippen molar-refractivity contribution >= 4 is 0 Å². The predicted molar refractivity (Wildman–Crippen MR) is 57.7 cm³/mol. The molecule has 2 N–H and O–H groups in total. The Labute approximate surface area is 86.9 Å². The van der Waals surface area contributed by atoms with Gasteiger partial charge in [0.05, 0.1) is 6.07 Å². The van der Waals surface area contributed by atoms with Gasteiger partial charge in [-0.25, -0.2) is 0 Å². The second-order valence-corrected chi connectivity index (χ2v) is 4.70. The Morgan fingerprint density at radius 3 is 2.64 bits per heavy atom. The lowest BCUT2D eigenvalue weighted by Crippen LogP contribution is -2.39. The van der Waals surface area contributed by atoms with Crippen molar-refractivity contribution in [1.29, 1.82) is 5.26 Å².